The van der Waals surface area contributed by atoms with E-state index in [-0.39, 0.29) is 17.7 Å². The Balaban J connectivity index is 2.07. The van der Waals surface area contributed by atoms with Gasteiger partial charge in [-0.05, 0) is 41.1 Å². The van der Waals surface area contributed by atoms with Crippen molar-refractivity contribution in [1.29, 1.82) is 0 Å². The van der Waals surface area contributed by atoms with Gasteiger partial charge in [0.05, 0.1) is 12.1 Å². The zero-order chi connectivity index (χ0) is 16.4. The van der Waals surface area contributed by atoms with Crippen molar-refractivity contribution in [3.63, 3.8) is 0 Å². The van der Waals surface area contributed by atoms with Crippen LogP contribution in [0.15, 0.2) is 59.5 Å². The van der Waals surface area contributed by atoms with Gasteiger partial charge >= 0.3 is 5.97 Å². The molecule has 116 valence electrons. The maximum atomic E-state index is 12.6. The molecule has 4 nitrogen and oxygen atoms in total. The first-order valence-electron chi connectivity index (χ1n) is 7.53. The Kier molecular flexibility index (Phi) is 3.98. The van der Waals surface area contributed by atoms with Gasteiger partial charge in [-0.15, -0.1) is 0 Å². The molecule has 23 heavy (non-hydrogen) atoms. The fourth-order valence-corrected chi connectivity index (χ4v) is 2.73. The average Bonchev–Trinajstić information content (AvgIpc) is 2.57. The number of carboxylic acid groups (broad SMARTS) is 1. The van der Waals surface area contributed by atoms with E-state index in [4.69, 9.17) is 0 Å². The molecule has 4 heteroatoms. The van der Waals surface area contributed by atoms with Crippen molar-refractivity contribution in [3.05, 3.63) is 81.8 Å². The summed E-state index contributed by atoms with van der Waals surface area (Å²) in [4.78, 5) is 23.9. The molecule has 3 rings (SSSR count). The van der Waals surface area contributed by atoms with E-state index in [0.717, 1.165) is 11.8 Å². The smallest absolute Gasteiger partial charge is 0.336 e. The summed E-state index contributed by atoms with van der Waals surface area (Å²) in [6.07, 6.45) is 2.65. The second-order valence-corrected chi connectivity index (χ2v) is 5.49. The Hall–Kier alpha value is -2.88. The van der Waals surface area contributed by atoms with Crippen LogP contribution in [0.5, 0.6) is 0 Å². The molecule has 0 saturated carbocycles. The van der Waals surface area contributed by atoms with Crippen LogP contribution in [0.2, 0.25) is 0 Å². The summed E-state index contributed by atoms with van der Waals surface area (Å²) in [6, 6.07) is 14.5. The van der Waals surface area contributed by atoms with Crippen molar-refractivity contribution in [2.45, 2.75) is 19.9 Å². The number of fused-ring (bicyclic) bond motifs is 1. The Labute approximate surface area is 133 Å². The molecule has 1 aromatic heterocycles. The van der Waals surface area contributed by atoms with Gasteiger partial charge in [0.2, 0.25) is 0 Å². The Morgan fingerprint density at radius 1 is 1.13 bits per heavy atom. The van der Waals surface area contributed by atoms with Crippen molar-refractivity contribution < 1.29 is 9.90 Å². The highest BCUT2D eigenvalue weighted by Gasteiger charge is 2.11. The first-order chi connectivity index (χ1) is 11.1. The number of hydrogen-bond acceptors (Lipinski definition) is 2. The summed E-state index contributed by atoms with van der Waals surface area (Å²) in [5.41, 5.74) is 1.92. The summed E-state index contributed by atoms with van der Waals surface area (Å²) < 4.78 is 1.55. The fourth-order valence-electron chi connectivity index (χ4n) is 2.73. The van der Waals surface area contributed by atoms with Crippen molar-refractivity contribution >= 4 is 16.7 Å². The number of nitrogens with zero attached hydrogens (tertiary/aromatic N) is 1. The zero-order valence-electron chi connectivity index (χ0n) is 12.8. The summed E-state index contributed by atoms with van der Waals surface area (Å²) in [5, 5.41) is 10.8. The lowest BCUT2D eigenvalue weighted by Crippen LogP contribution is -2.21. The summed E-state index contributed by atoms with van der Waals surface area (Å²) in [7, 11) is 0. The van der Waals surface area contributed by atoms with Gasteiger partial charge in [-0.3, -0.25) is 4.79 Å². The maximum absolute atomic E-state index is 12.6. The van der Waals surface area contributed by atoms with Crippen molar-refractivity contribution in [1.82, 2.24) is 4.57 Å². The number of aromatic carboxylic acids is 1. The van der Waals surface area contributed by atoms with Crippen LogP contribution >= 0.6 is 0 Å². The van der Waals surface area contributed by atoms with Gasteiger partial charge in [0.15, 0.2) is 0 Å². The van der Waals surface area contributed by atoms with Gasteiger partial charge < -0.3 is 9.67 Å². The molecule has 0 aliphatic rings. The third-order valence-electron chi connectivity index (χ3n) is 4.04. The number of benzene rings is 2. The molecule has 0 spiro atoms. The standard InChI is InChI=1S/C19H17NO3/c1-2-13-7-8-16-14(11-13)9-10-20(18(16)21)12-15-5-3-4-6-17(15)19(22)23/h3-11H,2,12H2,1H3,(H,22,23). The van der Waals surface area contributed by atoms with E-state index in [9.17, 15) is 14.7 Å². The van der Waals surface area contributed by atoms with Crippen molar-refractivity contribution in [3.8, 4) is 0 Å². The molecule has 3 aromatic rings. The molecule has 0 fully saturated rings. The molecule has 1 heterocycles. The lowest BCUT2D eigenvalue weighted by molar-refractivity contribution is 0.0695. The predicted molar refractivity (Wildman–Crippen MR) is 90.1 cm³/mol. The van der Waals surface area contributed by atoms with Crippen LogP contribution in [-0.4, -0.2) is 15.6 Å². The van der Waals surface area contributed by atoms with Gasteiger partial charge in [-0.25, -0.2) is 4.79 Å². The summed E-state index contributed by atoms with van der Waals surface area (Å²) in [5.74, 6) is -0.984. The van der Waals surface area contributed by atoms with E-state index in [1.165, 1.54) is 5.56 Å². The van der Waals surface area contributed by atoms with Gasteiger partial charge in [0.1, 0.15) is 0 Å². The minimum Gasteiger partial charge on any atom is -0.478 e. The molecular formula is C19H17NO3. The highest BCUT2D eigenvalue weighted by molar-refractivity contribution is 5.89. The zero-order valence-corrected chi connectivity index (χ0v) is 12.8. The summed E-state index contributed by atoms with van der Waals surface area (Å²) in [6.45, 7) is 2.32. The van der Waals surface area contributed by atoms with Gasteiger partial charge in [-0.2, -0.15) is 0 Å². The quantitative estimate of drug-likeness (QED) is 0.804. The Bertz CT molecular complexity index is 941. The van der Waals surface area contributed by atoms with Crippen LogP contribution in [0.4, 0.5) is 0 Å². The van der Waals surface area contributed by atoms with Crippen molar-refractivity contribution in [2.24, 2.45) is 0 Å². The third kappa shape index (κ3) is 2.88. The molecule has 0 saturated heterocycles. The number of aromatic nitrogens is 1. The van der Waals surface area contributed by atoms with E-state index in [0.29, 0.717) is 10.9 Å². The molecule has 0 aliphatic carbocycles. The highest BCUT2D eigenvalue weighted by atomic mass is 16.4. The highest BCUT2D eigenvalue weighted by Crippen LogP contribution is 2.15. The minimum absolute atomic E-state index is 0.106. The molecule has 0 aliphatic heterocycles. The monoisotopic (exact) mass is 307 g/mol. The van der Waals surface area contributed by atoms with Gasteiger partial charge in [0, 0.05) is 11.6 Å². The third-order valence-corrected chi connectivity index (χ3v) is 4.04. The van der Waals surface area contributed by atoms with Crippen LogP contribution in [0.1, 0.15) is 28.4 Å². The van der Waals surface area contributed by atoms with Gasteiger partial charge in [-0.1, -0.05) is 37.3 Å². The van der Waals surface area contributed by atoms with Crippen LogP contribution in [0.3, 0.4) is 0 Å². The second-order valence-electron chi connectivity index (χ2n) is 5.49. The normalized spacial score (nSPS) is 10.8. The largest absolute Gasteiger partial charge is 0.478 e. The van der Waals surface area contributed by atoms with Crippen molar-refractivity contribution in [2.75, 3.05) is 0 Å². The molecule has 0 radical (unpaired) electrons. The second kappa shape index (κ2) is 6.08. The van der Waals surface area contributed by atoms with Crippen LogP contribution in [0, 0.1) is 0 Å². The number of aryl methyl sites for hydroxylation is 1. The molecule has 0 bridgehead atoms. The number of rotatable bonds is 4. The Morgan fingerprint density at radius 2 is 1.91 bits per heavy atom. The number of pyridine rings is 1. The van der Waals surface area contributed by atoms with Crippen LogP contribution in [0.25, 0.3) is 10.8 Å². The minimum atomic E-state index is -0.984. The maximum Gasteiger partial charge on any atom is 0.336 e. The van der Waals surface area contributed by atoms with Crippen LogP contribution < -0.4 is 5.56 Å². The number of carbonyl (C=O) groups is 1. The molecule has 0 atom stereocenters. The number of hydrogen-bond donors (Lipinski definition) is 1. The van der Waals surface area contributed by atoms with Crippen LogP contribution in [-0.2, 0) is 13.0 Å². The van der Waals surface area contributed by atoms with E-state index in [1.54, 1.807) is 35.0 Å². The molecule has 0 amide bonds. The van der Waals surface area contributed by atoms with E-state index < -0.39 is 5.97 Å². The molecule has 1 N–H and O–H groups in total. The lowest BCUT2D eigenvalue weighted by Gasteiger charge is -2.10. The molecular weight excluding hydrogens is 290 g/mol. The van der Waals surface area contributed by atoms with E-state index in [2.05, 4.69) is 6.92 Å². The molecule has 0 unspecified atom stereocenters. The van der Waals surface area contributed by atoms with E-state index >= 15 is 0 Å². The van der Waals surface area contributed by atoms with Gasteiger partial charge in [0.25, 0.3) is 5.56 Å². The summed E-state index contributed by atoms with van der Waals surface area (Å²) >= 11 is 0. The van der Waals surface area contributed by atoms with E-state index in [1.807, 2.05) is 24.3 Å². The topological polar surface area (TPSA) is 59.3 Å². The Morgan fingerprint density at radius 3 is 2.65 bits per heavy atom. The molecule has 2 aromatic carbocycles. The number of carboxylic acids is 1. The SMILES string of the molecule is CCc1ccc2c(=O)n(Cc3ccccc3C(=O)O)ccc2c1. The lowest BCUT2D eigenvalue weighted by atomic mass is 10.1. The fraction of sp³-hybridized carbons (Fsp3) is 0.158. The first kappa shape index (κ1) is 15.0. The first-order valence-corrected chi connectivity index (χ1v) is 7.53. The predicted octanol–water partition coefficient (Wildman–Crippen LogP) is 3.31. The average molecular weight is 307 g/mol.